The van der Waals surface area contributed by atoms with Gasteiger partial charge < -0.3 is 30.8 Å². The first-order chi connectivity index (χ1) is 14.1. The van der Waals surface area contributed by atoms with Crippen LogP contribution in [-0.2, 0) is 0 Å². The Morgan fingerprint density at radius 2 is 2.00 bits per heavy atom. The fraction of sp³-hybridized carbons (Fsp3) is 0. The number of rotatable bonds is 6. The van der Waals surface area contributed by atoms with Crippen LogP contribution < -0.4 is 16.4 Å². The summed E-state index contributed by atoms with van der Waals surface area (Å²) in [6, 6.07) is 13.4. The summed E-state index contributed by atoms with van der Waals surface area (Å²) in [6.45, 7) is 0. The summed E-state index contributed by atoms with van der Waals surface area (Å²) in [4.78, 5) is 16.4. The van der Waals surface area contributed by atoms with E-state index in [0.717, 1.165) is 0 Å². The lowest BCUT2D eigenvalue weighted by molar-refractivity contribution is 0.101. The molecule has 0 bridgehead atoms. The van der Waals surface area contributed by atoms with Crippen LogP contribution >= 0.6 is 0 Å². The largest absolute Gasteiger partial charge is 0.398 e. The molecule has 3 heterocycles. The number of pyridine rings is 1. The third kappa shape index (κ3) is 3.95. The van der Waals surface area contributed by atoms with Crippen LogP contribution in [0.15, 0.2) is 63.8 Å². The van der Waals surface area contributed by atoms with E-state index >= 15 is 0 Å². The Bertz CT molecular complexity index is 1170. The number of carbonyl (C=O) groups is 1. The second-order valence-corrected chi connectivity index (χ2v) is 5.94. The van der Waals surface area contributed by atoms with E-state index in [2.05, 4.69) is 30.5 Å². The fourth-order valence-corrected chi connectivity index (χ4v) is 2.53. The van der Waals surface area contributed by atoms with Crippen molar-refractivity contribution in [2.75, 3.05) is 16.4 Å². The van der Waals surface area contributed by atoms with Gasteiger partial charge in [0.15, 0.2) is 17.3 Å². The van der Waals surface area contributed by atoms with Crippen molar-refractivity contribution in [1.29, 1.82) is 5.41 Å². The van der Waals surface area contributed by atoms with Crippen molar-refractivity contribution in [3.8, 4) is 11.5 Å². The molecular formula is C19H15N7O3. The molecule has 5 N–H and O–H groups in total. The Kier molecular flexibility index (Phi) is 4.72. The van der Waals surface area contributed by atoms with E-state index in [4.69, 9.17) is 15.7 Å². The number of aromatic nitrogens is 3. The Morgan fingerprint density at radius 1 is 1.10 bits per heavy atom. The van der Waals surface area contributed by atoms with Crippen LogP contribution in [0.4, 0.5) is 23.0 Å². The second kappa shape index (κ2) is 7.64. The zero-order valence-corrected chi connectivity index (χ0v) is 14.9. The fourth-order valence-electron chi connectivity index (χ4n) is 2.53. The molecule has 144 valence electrons. The summed E-state index contributed by atoms with van der Waals surface area (Å²) in [6.07, 6.45) is 2.49. The number of nitrogen functional groups attached to an aromatic ring is 1. The quantitative estimate of drug-likeness (QED) is 0.289. The molecule has 0 saturated carbocycles. The summed E-state index contributed by atoms with van der Waals surface area (Å²) in [7, 11) is 0. The van der Waals surface area contributed by atoms with Crippen molar-refractivity contribution in [3.05, 3.63) is 66.1 Å². The first-order valence-corrected chi connectivity index (χ1v) is 8.45. The Hall–Kier alpha value is -4.47. The van der Waals surface area contributed by atoms with Crippen LogP contribution in [0.3, 0.4) is 0 Å². The molecule has 0 radical (unpaired) electrons. The van der Waals surface area contributed by atoms with Crippen molar-refractivity contribution in [1.82, 2.24) is 15.3 Å². The summed E-state index contributed by atoms with van der Waals surface area (Å²) in [5.74, 6) is 0.761. The van der Waals surface area contributed by atoms with Gasteiger partial charge in [0.05, 0.1) is 0 Å². The molecule has 0 fully saturated rings. The lowest BCUT2D eigenvalue weighted by Gasteiger charge is -2.05. The topological polar surface area (TPSA) is 156 Å². The Balaban J connectivity index is 1.51. The number of anilines is 4. The summed E-state index contributed by atoms with van der Waals surface area (Å²) in [5.41, 5.74) is 8.24. The number of carbonyl (C=O) groups excluding carboxylic acids is 1. The molecule has 4 rings (SSSR count). The molecule has 1 amide bonds. The lowest BCUT2D eigenvalue weighted by Crippen LogP contribution is -2.13. The molecule has 10 heteroatoms. The predicted molar refractivity (Wildman–Crippen MR) is 106 cm³/mol. The maximum absolute atomic E-state index is 12.1. The number of hydrogen-bond acceptors (Lipinski definition) is 9. The molecule has 0 aliphatic carbocycles. The zero-order chi connectivity index (χ0) is 20.2. The smallest absolute Gasteiger partial charge is 0.278 e. The van der Waals surface area contributed by atoms with Gasteiger partial charge in [-0.1, -0.05) is 16.4 Å². The highest BCUT2D eigenvalue weighted by atomic mass is 16.5. The van der Waals surface area contributed by atoms with Gasteiger partial charge in [-0.2, -0.15) is 0 Å². The normalized spacial score (nSPS) is 10.5. The molecule has 0 unspecified atom stereocenters. The first-order valence-electron chi connectivity index (χ1n) is 8.45. The number of nitrogens with zero attached hydrogens (tertiary/aromatic N) is 3. The number of hydrogen-bond donors (Lipinski definition) is 4. The highest BCUT2D eigenvalue weighted by molar-refractivity contribution is 6.02. The zero-order valence-electron chi connectivity index (χ0n) is 14.9. The van der Waals surface area contributed by atoms with Gasteiger partial charge in [0, 0.05) is 35.3 Å². The van der Waals surface area contributed by atoms with E-state index in [-0.39, 0.29) is 5.69 Å². The van der Waals surface area contributed by atoms with Gasteiger partial charge in [-0.15, -0.1) is 0 Å². The maximum Gasteiger partial charge on any atom is 0.278 e. The van der Waals surface area contributed by atoms with Crippen molar-refractivity contribution in [2.45, 2.75) is 0 Å². The van der Waals surface area contributed by atoms with Gasteiger partial charge in [-0.3, -0.25) is 4.79 Å². The molecule has 29 heavy (non-hydrogen) atoms. The molecule has 0 aliphatic heterocycles. The molecule has 0 spiro atoms. The van der Waals surface area contributed by atoms with Gasteiger partial charge in [0.2, 0.25) is 0 Å². The van der Waals surface area contributed by atoms with Gasteiger partial charge in [-0.05, 0) is 30.3 Å². The molecule has 10 nitrogen and oxygen atoms in total. The van der Waals surface area contributed by atoms with Crippen LogP contribution in [0.1, 0.15) is 16.1 Å². The van der Waals surface area contributed by atoms with Crippen LogP contribution in [0.2, 0.25) is 0 Å². The average molecular weight is 389 g/mol. The van der Waals surface area contributed by atoms with Crippen molar-refractivity contribution < 1.29 is 13.8 Å². The van der Waals surface area contributed by atoms with E-state index in [0.29, 0.717) is 40.0 Å². The first kappa shape index (κ1) is 17.9. The number of amides is 1. The van der Waals surface area contributed by atoms with Gasteiger partial charge in [-0.25, -0.2) is 4.98 Å². The number of nitrogens with two attached hydrogens (primary N) is 1. The Labute approximate surface area is 164 Å². The van der Waals surface area contributed by atoms with E-state index in [1.165, 1.54) is 18.5 Å². The van der Waals surface area contributed by atoms with Crippen molar-refractivity contribution >= 4 is 35.1 Å². The minimum atomic E-state index is -0.436. The summed E-state index contributed by atoms with van der Waals surface area (Å²) in [5, 5.41) is 20.6. The molecule has 0 atom stereocenters. The highest BCUT2D eigenvalue weighted by Crippen LogP contribution is 2.25. The van der Waals surface area contributed by atoms with Gasteiger partial charge >= 0.3 is 0 Å². The average Bonchev–Trinajstić information content (AvgIpc) is 3.42. The molecule has 0 saturated heterocycles. The van der Waals surface area contributed by atoms with Crippen LogP contribution in [0, 0.1) is 5.41 Å². The lowest BCUT2D eigenvalue weighted by atomic mass is 10.1. The van der Waals surface area contributed by atoms with Crippen molar-refractivity contribution in [2.24, 2.45) is 0 Å². The van der Waals surface area contributed by atoms with Crippen LogP contribution in [0.5, 0.6) is 0 Å². The molecule has 1 aromatic carbocycles. The SMILES string of the molecule is N=Cc1cc(Nc2cc(-c3cccc(NC(=O)c4ccon4)n3)on2)ccc1N. The second-order valence-electron chi connectivity index (χ2n) is 5.94. The van der Waals surface area contributed by atoms with Crippen LogP contribution in [-0.4, -0.2) is 27.4 Å². The monoisotopic (exact) mass is 389 g/mol. The van der Waals surface area contributed by atoms with E-state index < -0.39 is 5.91 Å². The predicted octanol–water partition coefficient (Wildman–Crippen LogP) is 3.30. The van der Waals surface area contributed by atoms with E-state index in [9.17, 15) is 4.79 Å². The van der Waals surface area contributed by atoms with Gasteiger partial charge in [0.1, 0.15) is 17.8 Å². The maximum atomic E-state index is 12.1. The third-order valence-corrected chi connectivity index (χ3v) is 3.94. The minimum absolute atomic E-state index is 0.149. The Morgan fingerprint density at radius 3 is 2.79 bits per heavy atom. The van der Waals surface area contributed by atoms with E-state index in [1.54, 1.807) is 42.5 Å². The number of benzene rings is 1. The highest BCUT2D eigenvalue weighted by Gasteiger charge is 2.13. The third-order valence-electron chi connectivity index (χ3n) is 3.94. The molecule has 3 aromatic heterocycles. The molecule has 0 aliphatic rings. The summed E-state index contributed by atoms with van der Waals surface area (Å²) < 4.78 is 10.0. The molecule has 4 aromatic rings. The standard InChI is InChI=1S/C19H15N7O3/c20-10-11-8-12(4-5-13(11)21)22-18-9-16(29-26-18)14-2-1-3-17(23-14)24-19(27)15-6-7-28-25-15/h1-10,20H,21H2,(H,22,26)(H,23,24,27). The van der Waals surface area contributed by atoms with Crippen LogP contribution in [0.25, 0.3) is 11.5 Å². The molecular weight excluding hydrogens is 374 g/mol. The summed E-state index contributed by atoms with van der Waals surface area (Å²) >= 11 is 0. The minimum Gasteiger partial charge on any atom is -0.398 e. The van der Waals surface area contributed by atoms with Crippen molar-refractivity contribution in [3.63, 3.8) is 0 Å². The number of nitrogens with one attached hydrogen (secondary N) is 3. The van der Waals surface area contributed by atoms with E-state index in [1.807, 2.05) is 0 Å². The van der Waals surface area contributed by atoms with Gasteiger partial charge in [0.25, 0.3) is 5.91 Å².